The van der Waals surface area contributed by atoms with Gasteiger partial charge in [-0.1, -0.05) is 15.9 Å². The van der Waals surface area contributed by atoms with Crippen molar-refractivity contribution in [1.29, 1.82) is 0 Å². The van der Waals surface area contributed by atoms with Crippen LogP contribution in [0.5, 0.6) is 0 Å². The average molecular weight is 282 g/mol. The molecular formula is C11H18BrF2N. The first kappa shape index (κ1) is 11.8. The fourth-order valence-electron chi connectivity index (χ4n) is 2.80. The lowest BCUT2D eigenvalue weighted by molar-refractivity contribution is 0.0905. The van der Waals surface area contributed by atoms with Gasteiger partial charge in [0.05, 0.1) is 0 Å². The van der Waals surface area contributed by atoms with E-state index in [0.717, 1.165) is 19.4 Å². The van der Waals surface area contributed by atoms with Crippen LogP contribution in [0.3, 0.4) is 0 Å². The lowest BCUT2D eigenvalue weighted by atomic mass is 9.79. The maximum absolute atomic E-state index is 13.2. The van der Waals surface area contributed by atoms with E-state index in [9.17, 15) is 8.78 Å². The molecule has 1 N–H and O–H groups in total. The van der Waals surface area contributed by atoms with Crippen molar-refractivity contribution in [3.05, 3.63) is 0 Å². The van der Waals surface area contributed by atoms with Crippen molar-refractivity contribution in [2.45, 2.75) is 55.3 Å². The van der Waals surface area contributed by atoms with E-state index in [2.05, 4.69) is 21.2 Å². The monoisotopic (exact) mass is 281 g/mol. The molecule has 2 fully saturated rings. The Kier molecular flexibility index (Phi) is 3.99. The van der Waals surface area contributed by atoms with Crippen LogP contribution in [0.1, 0.15) is 32.1 Å². The van der Waals surface area contributed by atoms with Crippen LogP contribution in [0.15, 0.2) is 0 Å². The summed E-state index contributed by atoms with van der Waals surface area (Å²) in [5, 5.41) is 3.40. The average Bonchev–Trinajstić information content (AvgIpc) is 2.17. The molecule has 1 aliphatic carbocycles. The molecule has 0 spiro atoms. The van der Waals surface area contributed by atoms with Crippen LogP contribution in [0.2, 0.25) is 0 Å². The van der Waals surface area contributed by atoms with Gasteiger partial charge in [-0.3, -0.25) is 0 Å². The maximum Gasteiger partial charge on any atom is 0.103 e. The summed E-state index contributed by atoms with van der Waals surface area (Å²) in [6.07, 6.45) is 1.51. The lowest BCUT2D eigenvalue weighted by Gasteiger charge is -2.37. The van der Waals surface area contributed by atoms with Crippen molar-refractivity contribution in [3.63, 3.8) is 0 Å². The van der Waals surface area contributed by atoms with Gasteiger partial charge in [-0.25, -0.2) is 8.78 Å². The van der Waals surface area contributed by atoms with Crippen molar-refractivity contribution >= 4 is 15.9 Å². The zero-order chi connectivity index (χ0) is 10.8. The zero-order valence-electron chi connectivity index (χ0n) is 8.76. The van der Waals surface area contributed by atoms with Gasteiger partial charge >= 0.3 is 0 Å². The van der Waals surface area contributed by atoms with Crippen molar-refractivity contribution in [3.8, 4) is 0 Å². The minimum Gasteiger partial charge on any atom is -0.313 e. The van der Waals surface area contributed by atoms with Crippen molar-refractivity contribution < 1.29 is 8.78 Å². The first-order valence-electron chi connectivity index (χ1n) is 5.80. The van der Waals surface area contributed by atoms with E-state index in [4.69, 9.17) is 0 Å². The lowest BCUT2D eigenvalue weighted by Crippen LogP contribution is -2.46. The van der Waals surface area contributed by atoms with E-state index >= 15 is 0 Å². The number of alkyl halides is 3. The minimum absolute atomic E-state index is 0.115. The fourth-order valence-corrected chi connectivity index (χ4v) is 3.25. The number of halogens is 3. The molecule has 4 unspecified atom stereocenters. The summed E-state index contributed by atoms with van der Waals surface area (Å²) >= 11 is 3.55. The number of nitrogens with one attached hydrogen (secondary N) is 1. The van der Waals surface area contributed by atoms with E-state index in [1.807, 2.05) is 0 Å². The van der Waals surface area contributed by atoms with Crippen LogP contribution in [-0.2, 0) is 0 Å². The van der Waals surface area contributed by atoms with Crippen LogP contribution in [0.25, 0.3) is 0 Å². The van der Waals surface area contributed by atoms with E-state index < -0.39 is 12.3 Å². The highest BCUT2D eigenvalue weighted by Crippen LogP contribution is 2.33. The third-order valence-corrected chi connectivity index (χ3v) is 4.37. The molecule has 88 valence electrons. The largest absolute Gasteiger partial charge is 0.313 e. The van der Waals surface area contributed by atoms with Gasteiger partial charge in [0.1, 0.15) is 12.3 Å². The summed E-state index contributed by atoms with van der Waals surface area (Å²) in [5.41, 5.74) is 0. The molecule has 4 heteroatoms. The van der Waals surface area contributed by atoms with E-state index in [-0.39, 0.29) is 12.3 Å². The molecule has 0 aromatic carbocycles. The van der Waals surface area contributed by atoms with Crippen LogP contribution in [0, 0.1) is 5.92 Å². The number of rotatable bonds is 1. The molecule has 2 aliphatic rings. The molecule has 1 nitrogen and oxygen atoms in total. The highest BCUT2D eigenvalue weighted by molar-refractivity contribution is 9.09. The molecule has 1 saturated carbocycles. The number of hydrogen-bond donors (Lipinski definition) is 1. The second-order valence-electron chi connectivity index (χ2n) is 4.85. The molecular weight excluding hydrogens is 264 g/mol. The molecule has 1 heterocycles. The van der Waals surface area contributed by atoms with Crippen molar-refractivity contribution in [2.24, 2.45) is 5.92 Å². The smallest absolute Gasteiger partial charge is 0.103 e. The van der Waals surface area contributed by atoms with Crippen LogP contribution in [0.4, 0.5) is 8.78 Å². The fraction of sp³-hybridized carbons (Fsp3) is 1.00. The molecule has 0 aromatic rings. The third kappa shape index (κ3) is 3.13. The van der Waals surface area contributed by atoms with Gasteiger partial charge in [-0.2, -0.15) is 0 Å². The van der Waals surface area contributed by atoms with Gasteiger partial charge in [-0.15, -0.1) is 0 Å². The first-order chi connectivity index (χ1) is 7.15. The van der Waals surface area contributed by atoms with Crippen LogP contribution < -0.4 is 5.32 Å². The standard InChI is InChI=1S/C11H18BrF2N/c12-8-1-2-11(15-6-8)7-3-9(13)5-10(14)4-7/h7-11,15H,1-6H2. The number of piperidine rings is 1. The molecule has 15 heavy (non-hydrogen) atoms. The molecule has 1 saturated heterocycles. The van der Waals surface area contributed by atoms with Crippen molar-refractivity contribution in [2.75, 3.05) is 6.54 Å². The Morgan fingerprint density at radius 2 is 1.67 bits per heavy atom. The molecule has 0 bridgehead atoms. The molecule has 0 amide bonds. The molecule has 4 atom stereocenters. The SMILES string of the molecule is FC1CC(F)CC(C2CCC(Br)CN2)C1. The second-order valence-corrected chi connectivity index (χ2v) is 6.15. The van der Waals surface area contributed by atoms with Gasteiger partial charge in [0.15, 0.2) is 0 Å². The Labute approximate surface area is 98.1 Å². The van der Waals surface area contributed by atoms with Crippen LogP contribution >= 0.6 is 15.9 Å². The van der Waals surface area contributed by atoms with Gasteiger partial charge in [0, 0.05) is 23.8 Å². The van der Waals surface area contributed by atoms with E-state index in [1.54, 1.807) is 0 Å². The summed E-state index contributed by atoms with van der Waals surface area (Å²) in [5.74, 6) is 0.198. The van der Waals surface area contributed by atoms with Crippen LogP contribution in [-0.4, -0.2) is 29.8 Å². The third-order valence-electron chi connectivity index (χ3n) is 3.59. The second kappa shape index (κ2) is 5.09. The Bertz CT molecular complexity index is 197. The molecule has 2 rings (SSSR count). The predicted octanol–water partition coefficient (Wildman–Crippen LogP) is 2.98. The van der Waals surface area contributed by atoms with E-state index in [0.29, 0.717) is 23.7 Å². The summed E-state index contributed by atoms with van der Waals surface area (Å²) in [4.78, 5) is 0.527. The summed E-state index contributed by atoms with van der Waals surface area (Å²) in [7, 11) is 0. The topological polar surface area (TPSA) is 12.0 Å². The quantitative estimate of drug-likeness (QED) is 0.729. The summed E-state index contributed by atoms with van der Waals surface area (Å²) in [6.45, 7) is 0.926. The highest BCUT2D eigenvalue weighted by Gasteiger charge is 2.34. The molecule has 1 aliphatic heterocycles. The minimum atomic E-state index is -0.928. The number of hydrogen-bond acceptors (Lipinski definition) is 1. The Balaban J connectivity index is 1.87. The predicted molar refractivity (Wildman–Crippen MR) is 60.9 cm³/mol. The van der Waals surface area contributed by atoms with Gasteiger partial charge in [0.25, 0.3) is 0 Å². The Morgan fingerprint density at radius 3 is 2.20 bits per heavy atom. The first-order valence-corrected chi connectivity index (χ1v) is 6.72. The normalized spacial score (nSPS) is 47.8. The Morgan fingerprint density at radius 1 is 1.00 bits per heavy atom. The van der Waals surface area contributed by atoms with Gasteiger partial charge < -0.3 is 5.32 Å². The Hall–Kier alpha value is 0.300. The summed E-state index contributed by atoms with van der Waals surface area (Å²) in [6, 6.07) is 0.329. The van der Waals surface area contributed by atoms with Crippen molar-refractivity contribution in [1.82, 2.24) is 5.32 Å². The zero-order valence-corrected chi connectivity index (χ0v) is 10.3. The van der Waals surface area contributed by atoms with E-state index in [1.165, 1.54) is 0 Å². The van der Waals surface area contributed by atoms with Gasteiger partial charge in [0.2, 0.25) is 0 Å². The summed E-state index contributed by atoms with van der Waals surface area (Å²) < 4.78 is 26.5. The molecule has 0 radical (unpaired) electrons. The highest BCUT2D eigenvalue weighted by atomic mass is 79.9. The molecule has 0 aromatic heterocycles. The maximum atomic E-state index is 13.2. The van der Waals surface area contributed by atoms with Gasteiger partial charge in [-0.05, 0) is 31.6 Å².